The summed E-state index contributed by atoms with van der Waals surface area (Å²) in [5.41, 5.74) is 2.49. The Hall–Kier alpha value is -3.15. The number of benzene rings is 2. The third kappa shape index (κ3) is 2.52. The first kappa shape index (κ1) is 15.7. The maximum atomic E-state index is 12.7. The summed E-state index contributed by atoms with van der Waals surface area (Å²) in [5.74, 6) is 0.305. The van der Waals surface area contributed by atoms with Crippen LogP contribution in [0.2, 0.25) is 0 Å². The zero-order valence-corrected chi connectivity index (χ0v) is 13.5. The molecule has 0 atom stereocenters. The number of nitrogens with one attached hydrogen (secondary N) is 1. The number of hydrogen-bond donors (Lipinski definition) is 1. The highest BCUT2D eigenvalue weighted by atomic mass is 16.6. The van der Waals surface area contributed by atoms with E-state index in [1.165, 1.54) is 6.07 Å². The molecule has 0 fully saturated rings. The smallest absolute Gasteiger partial charge is 0.293 e. The SMILES string of the molecule is Cc1cccc([N+](=O)[O-])c1NC(=O)c1cccc2c(C)c(C)oc12. The normalized spacial score (nSPS) is 10.8. The lowest BCUT2D eigenvalue weighted by Crippen LogP contribution is -2.14. The molecule has 0 aliphatic heterocycles. The first-order valence-corrected chi connectivity index (χ1v) is 7.44. The van der Waals surface area contributed by atoms with E-state index in [0.717, 1.165) is 16.7 Å². The van der Waals surface area contributed by atoms with Crippen LogP contribution < -0.4 is 5.32 Å². The third-order valence-corrected chi connectivity index (χ3v) is 4.13. The van der Waals surface area contributed by atoms with E-state index < -0.39 is 10.8 Å². The van der Waals surface area contributed by atoms with Gasteiger partial charge in [0.25, 0.3) is 11.6 Å². The van der Waals surface area contributed by atoms with E-state index in [-0.39, 0.29) is 11.4 Å². The molecule has 6 heteroatoms. The van der Waals surface area contributed by atoms with Gasteiger partial charge in [-0.15, -0.1) is 0 Å². The standard InChI is InChI=1S/C18H16N2O4/c1-10-6-4-9-15(20(22)23)16(10)19-18(21)14-8-5-7-13-11(2)12(3)24-17(13)14/h4-9H,1-3H3,(H,19,21). The Bertz CT molecular complexity index is 973. The molecule has 122 valence electrons. The second kappa shape index (κ2) is 5.81. The average molecular weight is 324 g/mol. The summed E-state index contributed by atoms with van der Waals surface area (Å²) in [4.78, 5) is 23.4. The number of fused-ring (bicyclic) bond motifs is 1. The van der Waals surface area contributed by atoms with Gasteiger partial charge in [0.05, 0.1) is 10.5 Å². The van der Waals surface area contributed by atoms with Crippen molar-refractivity contribution in [1.82, 2.24) is 0 Å². The molecular weight excluding hydrogens is 308 g/mol. The van der Waals surface area contributed by atoms with Crippen LogP contribution in [0.25, 0.3) is 11.0 Å². The van der Waals surface area contributed by atoms with Crippen molar-refractivity contribution >= 4 is 28.3 Å². The van der Waals surface area contributed by atoms with Crippen LogP contribution in [0, 0.1) is 30.9 Å². The summed E-state index contributed by atoms with van der Waals surface area (Å²) >= 11 is 0. The highest BCUT2D eigenvalue weighted by Gasteiger charge is 2.21. The molecule has 1 aromatic heterocycles. The number of hydrogen-bond acceptors (Lipinski definition) is 4. The molecule has 3 aromatic rings. The molecule has 3 rings (SSSR count). The Morgan fingerprint density at radius 3 is 2.54 bits per heavy atom. The molecule has 6 nitrogen and oxygen atoms in total. The van der Waals surface area contributed by atoms with Crippen molar-refractivity contribution in [3.8, 4) is 0 Å². The first-order chi connectivity index (χ1) is 11.4. The number of rotatable bonds is 3. The lowest BCUT2D eigenvalue weighted by atomic mass is 10.1. The van der Waals surface area contributed by atoms with Gasteiger partial charge in [-0.25, -0.2) is 0 Å². The summed E-state index contributed by atoms with van der Waals surface area (Å²) in [6.07, 6.45) is 0. The van der Waals surface area contributed by atoms with Gasteiger partial charge in [-0.2, -0.15) is 0 Å². The van der Waals surface area contributed by atoms with Crippen LogP contribution in [0.4, 0.5) is 11.4 Å². The van der Waals surface area contributed by atoms with Crippen LogP contribution >= 0.6 is 0 Å². The molecule has 1 heterocycles. The quantitative estimate of drug-likeness (QED) is 0.567. The van der Waals surface area contributed by atoms with Gasteiger partial charge in [-0.1, -0.05) is 24.3 Å². The zero-order chi connectivity index (χ0) is 17.4. The fourth-order valence-corrected chi connectivity index (χ4v) is 2.69. The number of para-hydroxylation sites is 2. The minimum absolute atomic E-state index is 0.137. The van der Waals surface area contributed by atoms with Crippen LogP contribution in [-0.4, -0.2) is 10.8 Å². The maximum absolute atomic E-state index is 12.7. The van der Waals surface area contributed by atoms with Gasteiger partial charge in [0.1, 0.15) is 17.0 Å². The molecule has 0 aliphatic rings. The van der Waals surface area contributed by atoms with E-state index in [1.54, 1.807) is 31.2 Å². The molecule has 0 saturated heterocycles. The van der Waals surface area contributed by atoms with Crippen LogP contribution in [0.3, 0.4) is 0 Å². The van der Waals surface area contributed by atoms with E-state index >= 15 is 0 Å². The molecule has 0 bridgehead atoms. The van der Waals surface area contributed by atoms with Gasteiger partial charge in [-0.05, 0) is 38.0 Å². The van der Waals surface area contributed by atoms with Crippen molar-refractivity contribution in [3.05, 3.63) is 69.0 Å². The van der Waals surface area contributed by atoms with Gasteiger partial charge in [0, 0.05) is 11.5 Å². The number of anilines is 1. The van der Waals surface area contributed by atoms with Crippen LogP contribution in [0.15, 0.2) is 40.8 Å². The van der Waals surface area contributed by atoms with E-state index in [4.69, 9.17) is 4.42 Å². The van der Waals surface area contributed by atoms with Gasteiger partial charge in [0.15, 0.2) is 0 Å². The monoisotopic (exact) mass is 324 g/mol. The number of carbonyl (C=O) groups excluding carboxylic acids is 1. The van der Waals surface area contributed by atoms with Crippen molar-refractivity contribution in [1.29, 1.82) is 0 Å². The molecule has 1 amide bonds. The van der Waals surface area contributed by atoms with Gasteiger partial charge in [0.2, 0.25) is 0 Å². The second-order valence-electron chi connectivity index (χ2n) is 5.65. The zero-order valence-electron chi connectivity index (χ0n) is 13.5. The Kier molecular flexibility index (Phi) is 3.81. The predicted molar refractivity (Wildman–Crippen MR) is 91.5 cm³/mol. The molecule has 24 heavy (non-hydrogen) atoms. The fourth-order valence-electron chi connectivity index (χ4n) is 2.69. The lowest BCUT2D eigenvalue weighted by molar-refractivity contribution is -0.383. The van der Waals surface area contributed by atoms with Gasteiger partial charge < -0.3 is 9.73 Å². The molecule has 1 N–H and O–H groups in total. The first-order valence-electron chi connectivity index (χ1n) is 7.44. The summed E-state index contributed by atoms with van der Waals surface area (Å²) in [7, 11) is 0. The minimum atomic E-state index is -0.510. The third-order valence-electron chi connectivity index (χ3n) is 4.13. The van der Waals surface area contributed by atoms with E-state index in [9.17, 15) is 14.9 Å². The number of aryl methyl sites for hydroxylation is 3. The summed E-state index contributed by atoms with van der Waals surface area (Å²) < 4.78 is 5.70. The number of nitro groups is 1. The van der Waals surface area contributed by atoms with E-state index in [1.807, 2.05) is 19.9 Å². The lowest BCUT2D eigenvalue weighted by Gasteiger charge is -2.09. The predicted octanol–water partition coefficient (Wildman–Crippen LogP) is 4.52. The number of nitrogens with zero attached hydrogens (tertiary/aromatic N) is 1. The van der Waals surface area contributed by atoms with Crippen LogP contribution in [0.1, 0.15) is 27.2 Å². The molecule has 0 radical (unpaired) electrons. The van der Waals surface area contributed by atoms with Crippen molar-refractivity contribution < 1.29 is 14.1 Å². The van der Waals surface area contributed by atoms with Gasteiger partial charge >= 0.3 is 0 Å². The topological polar surface area (TPSA) is 85.4 Å². The Balaban J connectivity index is 2.06. The Morgan fingerprint density at radius 2 is 1.83 bits per heavy atom. The average Bonchev–Trinajstić information content (AvgIpc) is 2.84. The van der Waals surface area contributed by atoms with E-state index in [2.05, 4.69) is 5.32 Å². The van der Waals surface area contributed by atoms with E-state index in [0.29, 0.717) is 16.7 Å². The number of furan rings is 1. The second-order valence-corrected chi connectivity index (χ2v) is 5.65. The molecule has 0 saturated carbocycles. The number of amides is 1. The van der Waals surface area contributed by atoms with Crippen molar-refractivity contribution in [2.75, 3.05) is 5.32 Å². The minimum Gasteiger partial charge on any atom is -0.460 e. The number of nitro benzene ring substituents is 1. The van der Waals surface area contributed by atoms with Crippen LogP contribution in [-0.2, 0) is 0 Å². The largest absolute Gasteiger partial charge is 0.460 e. The highest BCUT2D eigenvalue weighted by Crippen LogP contribution is 2.31. The highest BCUT2D eigenvalue weighted by molar-refractivity contribution is 6.12. The molecule has 0 spiro atoms. The fraction of sp³-hybridized carbons (Fsp3) is 0.167. The van der Waals surface area contributed by atoms with Crippen molar-refractivity contribution in [3.63, 3.8) is 0 Å². The molecular formula is C18H16N2O4. The summed E-state index contributed by atoms with van der Waals surface area (Å²) in [5, 5.41) is 14.7. The van der Waals surface area contributed by atoms with Crippen molar-refractivity contribution in [2.45, 2.75) is 20.8 Å². The van der Waals surface area contributed by atoms with Crippen LogP contribution in [0.5, 0.6) is 0 Å². The number of carbonyl (C=O) groups is 1. The molecule has 2 aromatic carbocycles. The van der Waals surface area contributed by atoms with Gasteiger partial charge in [-0.3, -0.25) is 14.9 Å². The Morgan fingerprint density at radius 1 is 1.12 bits per heavy atom. The Labute approximate surface area is 138 Å². The van der Waals surface area contributed by atoms with Crippen molar-refractivity contribution in [2.24, 2.45) is 0 Å². The summed E-state index contributed by atoms with van der Waals surface area (Å²) in [6, 6.07) is 9.96. The summed E-state index contributed by atoms with van der Waals surface area (Å²) in [6.45, 7) is 5.47. The molecule has 0 unspecified atom stereocenters. The maximum Gasteiger partial charge on any atom is 0.293 e. The molecule has 0 aliphatic carbocycles.